The molecule has 7 rings (SSSR count). The highest BCUT2D eigenvalue weighted by Gasteiger charge is 2.38. The molecule has 4 atom stereocenters. The minimum absolute atomic E-state index is 0.0570. The van der Waals surface area contributed by atoms with E-state index in [1.165, 1.54) is 28.8 Å². The van der Waals surface area contributed by atoms with E-state index in [1.807, 2.05) is 66.7 Å². The van der Waals surface area contributed by atoms with Crippen LogP contribution in [0.1, 0.15) is 58.4 Å². The number of benzene rings is 3. The summed E-state index contributed by atoms with van der Waals surface area (Å²) in [6, 6.07) is 28.4. The number of nitrogens with zero attached hydrogens (tertiary/aromatic N) is 1. The summed E-state index contributed by atoms with van der Waals surface area (Å²) in [5, 5.41) is 6.98. The molecule has 0 saturated heterocycles. The molecule has 5 nitrogen and oxygen atoms in total. The Balaban J connectivity index is 1.01. The largest absolute Gasteiger partial charge is 0.326 e. The lowest BCUT2D eigenvalue weighted by molar-refractivity contribution is -0.120. The predicted octanol–water partition coefficient (Wildman–Crippen LogP) is 7.43. The van der Waals surface area contributed by atoms with Crippen LogP contribution in [0, 0.1) is 11.8 Å². The molecule has 1 aliphatic heterocycles. The first kappa shape index (κ1) is 29.1. The van der Waals surface area contributed by atoms with E-state index in [0.29, 0.717) is 30.7 Å². The first-order valence-corrected chi connectivity index (χ1v) is 16.8. The van der Waals surface area contributed by atoms with E-state index >= 15 is 0 Å². The van der Waals surface area contributed by atoms with Crippen molar-refractivity contribution in [2.24, 2.45) is 16.8 Å². The summed E-state index contributed by atoms with van der Waals surface area (Å²) < 4.78 is 0.837. The molecule has 2 bridgehead atoms. The molecule has 0 spiro atoms. The molecule has 224 valence electrons. The molecule has 44 heavy (non-hydrogen) atoms. The van der Waals surface area contributed by atoms with Gasteiger partial charge < -0.3 is 10.6 Å². The lowest BCUT2D eigenvalue weighted by atomic mass is 9.93. The monoisotopic (exact) mass is 621 g/mol. The maximum Gasteiger partial charge on any atom is 0.224 e. The highest BCUT2D eigenvalue weighted by atomic mass is 35.5. The zero-order valence-corrected chi connectivity index (χ0v) is 26.2. The fraction of sp³-hybridized carbons (Fsp3) is 0.324. The lowest BCUT2D eigenvalue weighted by Crippen LogP contribution is -2.37. The van der Waals surface area contributed by atoms with Gasteiger partial charge >= 0.3 is 0 Å². The summed E-state index contributed by atoms with van der Waals surface area (Å²) >= 11 is 7.79. The van der Waals surface area contributed by atoms with Gasteiger partial charge in [-0.3, -0.25) is 14.6 Å². The molecule has 1 fully saturated rings. The van der Waals surface area contributed by atoms with Gasteiger partial charge in [0.25, 0.3) is 0 Å². The van der Waals surface area contributed by atoms with Gasteiger partial charge in [-0.2, -0.15) is 0 Å². The van der Waals surface area contributed by atoms with Crippen molar-refractivity contribution < 1.29 is 9.59 Å². The standard InChI is InChI=1S/C37H36ClN3O2S/c38-34-16-14-30(44-34)22-39-36-26-10-11-27(36)19-28-20-29(13-12-24(28)18-26)40-35(43)17-15-32-33(42)21-25-8-4-5-9-31(25)37(41-32)23-6-2-1-3-7-23/h1-9,12-14,16,20,26-27,32,36,39H,10-11,15,17-19,21-22H2,(H,40,43)/t26-,27+,32+,36+/m0/s1. The number of halogens is 1. The van der Waals surface area contributed by atoms with E-state index in [0.717, 1.165) is 51.8 Å². The van der Waals surface area contributed by atoms with Gasteiger partial charge in [0, 0.05) is 47.1 Å². The van der Waals surface area contributed by atoms with Crippen molar-refractivity contribution in [3.8, 4) is 0 Å². The SMILES string of the molecule is O=C(CC[C@H]1N=C(c2ccccc2)c2ccccc2CC1=O)Nc1ccc2c(c1)C[C@H]1CC[C@@H](C2)[C@H]1NCc1ccc(Cl)s1. The Morgan fingerprint density at radius 2 is 1.66 bits per heavy atom. The Kier molecular flexibility index (Phi) is 8.48. The van der Waals surface area contributed by atoms with Crippen LogP contribution >= 0.6 is 22.9 Å². The van der Waals surface area contributed by atoms with Gasteiger partial charge in [0.05, 0.1) is 10.0 Å². The van der Waals surface area contributed by atoms with Crippen molar-refractivity contribution in [3.63, 3.8) is 0 Å². The van der Waals surface area contributed by atoms with Gasteiger partial charge in [-0.05, 0) is 84.9 Å². The van der Waals surface area contributed by atoms with Crippen molar-refractivity contribution in [2.45, 2.75) is 63.6 Å². The van der Waals surface area contributed by atoms with Crippen LogP contribution in [-0.2, 0) is 35.4 Å². The minimum atomic E-state index is -0.555. The number of hydrogen-bond acceptors (Lipinski definition) is 5. The van der Waals surface area contributed by atoms with E-state index in [9.17, 15) is 9.59 Å². The molecule has 1 amide bonds. The summed E-state index contributed by atoms with van der Waals surface area (Å²) in [6.45, 7) is 0.860. The number of ketones is 1. The molecule has 4 aromatic rings. The van der Waals surface area contributed by atoms with Gasteiger partial charge in [-0.25, -0.2) is 0 Å². The van der Waals surface area contributed by atoms with E-state index in [2.05, 4.69) is 28.8 Å². The molecule has 0 unspecified atom stereocenters. The highest BCUT2D eigenvalue weighted by molar-refractivity contribution is 7.16. The summed E-state index contributed by atoms with van der Waals surface area (Å²) in [7, 11) is 0. The van der Waals surface area contributed by atoms with E-state index in [1.54, 1.807) is 11.3 Å². The third-order valence-electron chi connectivity index (χ3n) is 9.50. The Hall–Kier alpha value is -3.58. The van der Waals surface area contributed by atoms with Crippen LogP contribution in [0.3, 0.4) is 0 Å². The summed E-state index contributed by atoms with van der Waals surface area (Å²) in [4.78, 5) is 32.7. The van der Waals surface area contributed by atoms with Crippen molar-refractivity contribution in [2.75, 3.05) is 5.32 Å². The van der Waals surface area contributed by atoms with Crippen molar-refractivity contribution in [3.05, 3.63) is 122 Å². The number of nitrogens with one attached hydrogen (secondary N) is 2. The molecule has 1 saturated carbocycles. The minimum Gasteiger partial charge on any atom is -0.326 e. The number of carbonyl (C=O) groups excluding carboxylic acids is 2. The average Bonchev–Trinajstić information content (AvgIpc) is 3.53. The summed E-state index contributed by atoms with van der Waals surface area (Å²) in [5.41, 5.74) is 7.35. The second-order valence-electron chi connectivity index (χ2n) is 12.3. The first-order chi connectivity index (χ1) is 21.5. The molecule has 0 radical (unpaired) electrons. The third kappa shape index (κ3) is 6.30. The molecule has 2 aliphatic carbocycles. The average molecular weight is 622 g/mol. The Morgan fingerprint density at radius 1 is 0.886 bits per heavy atom. The van der Waals surface area contributed by atoms with Crippen LogP contribution in [0.2, 0.25) is 4.34 Å². The zero-order chi connectivity index (χ0) is 30.0. The second kappa shape index (κ2) is 12.8. The van der Waals surface area contributed by atoms with Crippen molar-refractivity contribution in [1.82, 2.24) is 5.32 Å². The molecule has 2 N–H and O–H groups in total. The maximum absolute atomic E-state index is 13.3. The molecule has 7 heteroatoms. The normalized spacial score (nSPS) is 22.4. The van der Waals surface area contributed by atoms with Crippen molar-refractivity contribution >= 4 is 46.0 Å². The zero-order valence-electron chi connectivity index (χ0n) is 24.6. The number of thiophene rings is 1. The molecule has 3 aliphatic rings. The number of hydrogen-bond donors (Lipinski definition) is 2. The van der Waals surface area contributed by atoms with Gasteiger partial charge in [0.2, 0.25) is 5.91 Å². The fourth-order valence-corrected chi connectivity index (χ4v) is 8.38. The molecule has 2 heterocycles. The van der Waals surface area contributed by atoms with Crippen LogP contribution < -0.4 is 10.6 Å². The molecular formula is C37H36ClN3O2S. The summed E-state index contributed by atoms with van der Waals surface area (Å²) in [5.74, 6) is 1.19. The highest BCUT2D eigenvalue weighted by Crippen LogP contribution is 2.41. The molecular weight excluding hydrogens is 586 g/mol. The number of anilines is 1. The summed E-state index contributed by atoms with van der Waals surface area (Å²) in [6.07, 6.45) is 5.51. The maximum atomic E-state index is 13.3. The van der Waals surface area contributed by atoms with Crippen molar-refractivity contribution in [1.29, 1.82) is 0 Å². The van der Waals surface area contributed by atoms with E-state index < -0.39 is 6.04 Å². The van der Waals surface area contributed by atoms with Gasteiger partial charge in [0.15, 0.2) is 5.78 Å². The van der Waals surface area contributed by atoms with Gasteiger partial charge in [0.1, 0.15) is 6.04 Å². The van der Waals surface area contributed by atoms with E-state index in [-0.39, 0.29) is 18.1 Å². The van der Waals surface area contributed by atoms with E-state index in [4.69, 9.17) is 16.6 Å². The fourth-order valence-electron chi connectivity index (χ4n) is 7.34. The van der Waals surface area contributed by atoms with Crippen LogP contribution in [0.15, 0.2) is 89.9 Å². The number of Topliss-reactive ketones (excluding diaryl/α,β-unsaturated/α-hetero) is 1. The van der Waals surface area contributed by atoms with Crippen LogP contribution in [0.25, 0.3) is 0 Å². The van der Waals surface area contributed by atoms with Gasteiger partial charge in [-0.1, -0.05) is 72.3 Å². The number of rotatable bonds is 8. The van der Waals surface area contributed by atoms with Crippen LogP contribution in [0.4, 0.5) is 5.69 Å². The topological polar surface area (TPSA) is 70.6 Å². The van der Waals surface area contributed by atoms with Gasteiger partial charge in [-0.15, -0.1) is 11.3 Å². The predicted molar refractivity (Wildman–Crippen MR) is 179 cm³/mol. The Morgan fingerprint density at radius 3 is 2.45 bits per heavy atom. The molecule has 1 aromatic heterocycles. The Labute approximate surface area is 267 Å². The Bertz CT molecular complexity index is 1710. The number of carbonyl (C=O) groups is 2. The molecule has 3 aromatic carbocycles. The van der Waals surface area contributed by atoms with Crippen LogP contribution in [0.5, 0.6) is 0 Å². The number of amides is 1. The lowest BCUT2D eigenvalue weighted by Gasteiger charge is -2.23. The quantitative estimate of drug-likeness (QED) is 0.215. The van der Waals surface area contributed by atoms with Crippen LogP contribution in [-0.4, -0.2) is 29.5 Å². The first-order valence-electron chi connectivity index (χ1n) is 15.6. The second-order valence-corrected chi connectivity index (χ2v) is 14.1. The smallest absolute Gasteiger partial charge is 0.224 e. The number of aliphatic imine (C=N–C) groups is 1. The number of fused-ring (bicyclic) bond motifs is 4. The third-order valence-corrected chi connectivity index (χ3v) is 10.7.